The third-order valence-electron chi connectivity index (χ3n) is 4.26. The van der Waals surface area contributed by atoms with Crippen molar-refractivity contribution in [3.63, 3.8) is 0 Å². The Hall–Kier alpha value is -1.02. The molecular formula is C14H25F3N4O. The van der Waals surface area contributed by atoms with Gasteiger partial charge in [-0.2, -0.15) is 13.2 Å². The lowest BCUT2D eigenvalue weighted by Crippen LogP contribution is -2.45. The highest BCUT2D eigenvalue weighted by atomic mass is 19.4. The fourth-order valence-electron chi connectivity index (χ4n) is 2.94. The van der Waals surface area contributed by atoms with E-state index in [0.717, 1.165) is 32.4 Å². The highest BCUT2D eigenvalue weighted by Crippen LogP contribution is 2.24. The minimum atomic E-state index is -4.09. The van der Waals surface area contributed by atoms with E-state index in [-0.39, 0.29) is 0 Å². The quantitative estimate of drug-likeness (QED) is 0.626. The van der Waals surface area contributed by atoms with E-state index in [1.807, 2.05) is 4.90 Å². The van der Waals surface area contributed by atoms with Gasteiger partial charge in [0.25, 0.3) is 0 Å². The molecule has 0 aromatic rings. The Balaban J connectivity index is 1.64. The molecule has 0 saturated carbocycles. The summed E-state index contributed by atoms with van der Waals surface area (Å²) in [5.74, 6) is 1.00. The molecule has 0 aromatic heterocycles. The van der Waals surface area contributed by atoms with Crippen molar-refractivity contribution >= 4 is 5.96 Å². The molecule has 2 fully saturated rings. The highest BCUT2D eigenvalue weighted by Gasteiger charge is 2.32. The van der Waals surface area contributed by atoms with Gasteiger partial charge in [0.15, 0.2) is 5.96 Å². The van der Waals surface area contributed by atoms with Crippen molar-refractivity contribution in [1.29, 1.82) is 0 Å². The molecule has 128 valence electrons. The third kappa shape index (κ3) is 6.00. The number of piperidine rings is 1. The summed E-state index contributed by atoms with van der Waals surface area (Å²) in [5.41, 5.74) is 5.94. The van der Waals surface area contributed by atoms with Gasteiger partial charge in [0, 0.05) is 19.6 Å². The Morgan fingerprint density at radius 3 is 2.36 bits per heavy atom. The first-order valence-electron chi connectivity index (χ1n) is 7.86. The summed E-state index contributed by atoms with van der Waals surface area (Å²) in [4.78, 5) is 7.89. The number of nitrogens with two attached hydrogens (primary N) is 1. The predicted octanol–water partition coefficient (Wildman–Crippen LogP) is 1.30. The van der Waals surface area contributed by atoms with E-state index in [0.29, 0.717) is 44.7 Å². The number of hydrogen-bond acceptors (Lipinski definition) is 3. The van der Waals surface area contributed by atoms with Gasteiger partial charge in [0.1, 0.15) is 0 Å². The average Bonchev–Trinajstić information content (AvgIpc) is 2.48. The van der Waals surface area contributed by atoms with Crippen LogP contribution in [0.2, 0.25) is 0 Å². The first-order chi connectivity index (χ1) is 10.4. The normalized spacial score (nSPS) is 23.0. The Labute approximate surface area is 129 Å². The zero-order valence-corrected chi connectivity index (χ0v) is 12.8. The van der Waals surface area contributed by atoms with Crippen LogP contribution in [-0.4, -0.2) is 74.4 Å². The van der Waals surface area contributed by atoms with E-state index >= 15 is 0 Å². The molecule has 0 atom stereocenters. The zero-order chi connectivity index (χ0) is 16.0. The number of nitrogens with zero attached hydrogens (tertiary/aromatic N) is 3. The van der Waals surface area contributed by atoms with Gasteiger partial charge in [0.2, 0.25) is 0 Å². The van der Waals surface area contributed by atoms with Crippen molar-refractivity contribution in [2.45, 2.75) is 25.4 Å². The van der Waals surface area contributed by atoms with E-state index in [1.54, 1.807) is 0 Å². The fourth-order valence-corrected chi connectivity index (χ4v) is 2.94. The van der Waals surface area contributed by atoms with Gasteiger partial charge in [-0.25, -0.2) is 0 Å². The number of alkyl halides is 3. The van der Waals surface area contributed by atoms with E-state index in [9.17, 15) is 13.2 Å². The molecule has 0 spiro atoms. The Kier molecular flexibility index (Phi) is 6.31. The Morgan fingerprint density at radius 2 is 1.77 bits per heavy atom. The number of guanidine groups is 1. The van der Waals surface area contributed by atoms with Gasteiger partial charge in [0.05, 0.1) is 19.8 Å². The van der Waals surface area contributed by atoms with Gasteiger partial charge in [-0.1, -0.05) is 0 Å². The number of hydrogen-bond donors (Lipinski definition) is 1. The number of likely N-dealkylation sites (tertiary alicyclic amines) is 1. The molecule has 2 aliphatic heterocycles. The van der Waals surface area contributed by atoms with Crippen molar-refractivity contribution in [2.24, 2.45) is 16.6 Å². The number of morpholine rings is 1. The molecule has 2 saturated heterocycles. The Morgan fingerprint density at radius 1 is 1.14 bits per heavy atom. The van der Waals surface area contributed by atoms with E-state index in [1.165, 1.54) is 4.90 Å². The van der Waals surface area contributed by atoms with E-state index < -0.39 is 12.7 Å². The van der Waals surface area contributed by atoms with Crippen LogP contribution < -0.4 is 5.73 Å². The maximum atomic E-state index is 12.3. The van der Waals surface area contributed by atoms with Crippen LogP contribution in [0, 0.1) is 5.92 Å². The molecule has 0 radical (unpaired) electrons. The molecule has 0 aromatic carbocycles. The second-order valence-corrected chi connectivity index (χ2v) is 5.96. The van der Waals surface area contributed by atoms with Gasteiger partial charge in [-0.05, 0) is 38.3 Å². The maximum absolute atomic E-state index is 12.3. The monoisotopic (exact) mass is 322 g/mol. The smallest absolute Gasteiger partial charge is 0.378 e. The lowest BCUT2D eigenvalue weighted by molar-refractivity contribution is -0.148. The van der Waals surface area contributed by atoms with Crippen molar-refractivity contribution in [3.05, 3.63) is 0 Å². The van der Waals surface area contributed by atoms with Crippen molar-refractivity contribution in [2.75, 3.05) is 52.5 Å². The summed E-state index contributed by atoms with van der Waals surface area (Å²) in [5, 5.41) is 0. The predicted molar refractivity (Wildman–Crippen MR) is 78.7 cm³/mol. The first-order valence-corrected chi connectivity index (χ1v) is 7.86. The molecule has 22 heavy (non-hydrogen) atoms. The third-order valence-corrected chi connectivity index (χ3v) is 4.26. The maximum Gasteiger partial charge on any atom is 0.401 e. The van der Waals surface area contributed by atoms with E-state index in [4.69, 9.17) is 10.5 Å². The minimum absolute atomic E-state index is 0.450. The van der Waals surface area contributed by atoms with Crippen LogP contribution in [0.25, 0.3) is 0 Å². The highest BCUT2D eigenvalue weighted by molar-refractivity contribution is 5.78. The van der Waals surface area contributed by atoms with Gasteiger partial charge < -0.3 is 15.4 Å². The van der Waals surface area contributed by atoms with Crippen LogP contribution in [-0.2, 0) is 4.74 Å². The number of rotatable bonds is 4. The van der Waals surface area contributed by atoms with Crippen LogP contribution in [0.3, 0.4) is 0 Å². The molecular weight excluding hydrogens is 297 g/mol. The molecule has 2 N–H and O–H groups in total. The van der Waals surface area contributed by atoms with Gasteiger partial charge in [-0.15, -0.1) is 0 Å². The fraction of sp³-hybridized carbons (Fsp3) is 0.929. The molecule has 0 bridgehead atoms. The molecule has 0 unspecified atom stereocenters. The van der Waals surface area contributed by atoms with Gasteiger partial charge in [-0.3, -0.25) is 9.89 Å². The SMILES string of the molecule is NC(=NCCC1CCN(CC(F)(F)F)CC1)N1CCOCC1. The summed E-state index contributed by atoms with van der Waals surface area (Å²) in [6.07, 6.45) is -1.58. The summed E-state index contributed by atoms with van der Waals surface area (Å²) in [6.45, 7) is 3.78. The van der Waals surface area contributed by atoms with Crippen molar-refractivity contribution < 1.29 is 17.9 Å². The number of ether oxygens (including phenoxy) is 1. The second kappa shape index (κ2) is 8.01. The molecule has 5 nitrogen and oxygen atoms in total. The van der Waals surface area contributed by atoms with Gasteiger partial charge >= 0.3 is 6.18 Å². The lowest BCUT2D eigenvalue weighted by Gasteiger charge is -2.32. The second-order valence-electron chi connectivity index (χ2n) is 5.96. The first kappa shape index (κ1) is 17.3. The zero-order valence-electron chi connectivity index (χ0n) is 12.8. The standard InChI is InChI=1S/C14H25F3N4O/c15-14(16,17)11-20-5-2-12(3-6-20)1-4-19-13(18)21-7-9-22-10-8-21/h12H,1-11H2,(H2,18,19). The van der Waals surface area contributed by atoms with Crippen LogP contribution in [0.1, 0.15) is 19.3 Å². The molecule has 8 heteroatoms. The van der Waals surface area contributed by atoms with Crippen LogP contribution >= 0.6 is 0 Å². The topological polar surface area (TPSA) is 54.1 Å². The molecule has 0 amide bonds. The van der Waals surface area contributed by atoms with Crippen molar-refractivity contribution in [3.8, 4) is 0 Å². The van der Waals surface area contributed by atoms with E-state index in [2.05, 4.69) is 4.99 Å². The lowest BCUT2D eigenvalue weighted by atomic mass is 9.93. The van der Waals surface area contributed by atoms with Crippen molar-refractivity contribution in [1.82, 2.24) is 9.80 Å². The Bertz CT molecular complexity index is 362. The molecule has 2 heterocycles. The summed E-state index contributed by atoms with van der Waals surface area (Å²) < 4.78 is 42.2. The average molecular weight is 322 g/mol. The molecule has 2 rings (SSSR count). The molecule has 2 aliphatic rings. The minimum Gasteiger partial charge on any atom is -0.378 e. The number of halogens is 3. The summed E-state index contributed by atoms with van der Waals surface area (Å²) in [6, 6.07) is 0. The van der Waals surface area contributed by atoms with Crippen LogP contribution in [0.5, 0.6) is 0 Å². The largest absolute Gasteiger partial charge is 0.401 e. The van der Waals surface area contributed by atoms with Crippen LogP contribution in [0.4, 0.5) is 13.2 Å². The summed E-state index contributed by atoms with van der Waals surface area (Å²) in [7, 11) is 0. The number of aliphatic imine (C=N–C) groups is 1. The molecule has 0 aliphatic carbocycles. The van der Waals surface area contributed by atoms with Crippen LogP contribution in [0.15, 0.2) is 4.99 Å². The summed E-state index contributed by atoms with van der Waals surface area (Å²) >= 11 is 0.